The first-order chi connectivity index (χ1) is 6.53. The van der Waals surface area contributed by atoms with Gasteiger partial charge in [-0.3, -0.25) is 4.21 Å². The molecular weight excluding hydrogens is 196 g/mol. The van der Waals surface area contributed by atoms with Gasteiger partial charge in [-0.05, 0) is 33.9 Å². The van der Waals surface area contributed by atoms with Crippen molar-refractivity contribution in [3.63, 3.8) is 0 Å². The van der Waals surface area contributed by atoms with Gasteiger partial charge in [0.15, 0.2) is 0 Å². The highest BCUT2D eigenvalue weighted by molar-refractivity contribution is 7.85. The van der Waals surface area contributed by atoms with Crippen molar-refractivity contribution in [3.05, 3.63) is 0 Å². The normalized spacial score (nSPS) is 26.1. The van der Waals surface area contributed by atoms with E-state index in [1.807, 2.05) is 7.05 Å². The van der Waals surface area contributed by atoms with Gasteiger partial charge < -0.3 is 10.2 Å². The van der Waals surface area contributed by atoms with Crippen LogP contribution in [0.1, 0.15) is 20.3 Å². The number of nitrogens with zero attached hydrogens (tertiary/aromatic N) is 1. The van der Waals surface area contributed by atoms with Crippen molar-refractivity contribution in [2.75, 3.05) is 38.2 Å². The second-order valence-electron chi connectivity index (χ2n) is 4.61. The molecule has 1 aliphatic heterocycles. The summed E-state index contributed by atoms with van der Waals surface area (Å²) in [6, 6.07) is 0. The zero-order valence-electron chi connectivity index (χ0n) is 9.51. The van der Waals surface area contributed by atoms with Crippen LogP contribution >= 0.6 is 0 Å². The van der Waals surface area contributed by atoms with Gasteiger partial charge in [-0.2, -0.15) is 0 Å². The summed E-state index contributed by atoms with van der Waals surface area (Å²) in [5.74, 6) is 1.73. The molecule has 0 spiro atoms. The van der Waals surface area contributed by atoms with Crippen LogP contribution in [0, 0.1) is 0 Å². The van der Waals surface area contributed by atoms with Crippen LogP contribution < -0.4 is 5.32 Å². The zero-order valence-corrected chi connectivity index (χ0v) is 10.3. The van der Waals surface area contributed by atoms with Gasteiger partial charge in [0.25, 0.3) is 0 Å². The fourth-order valence-electron chi connectivity index (χ4n) is 1.69. The highest BCUT2D eigenvalue weighted by atomic mass is 32.2. The molecule has 1 rings (SSSR count). The maximum atomic E-state index is 11.3. The molecule has 84 valence electrons. The third kappa shape index (κ3) is 4.07. The van der Waals surface area contributed by atoms with E-state index in [9.17, 15) is 4.21 Å². The van der Waals surface area contributed by atoms with Gasteiger partial charge in [0.2, 0.25) is 0 Å². The molecule has 0 aromatic heterocycles. The Morgan fingerprint density at radius 1 is 1.36 bits per heavy atom. The van der Waals surface area contributed by atoms with E-state index in [0.717, 1.165) is 37.6 Å². The Labute approximate surface area is 89.7 Å². The quantitative estimate of drug-likeness (QED) is 0.746. The van der Waals surface area contributed by atoms with Gasteiger partial charge in [0.05, 0.1) is 0 Å². The highest BCUT2D eigenvalue weighted by Gasteiger charge is 2.21. The summed E-state index contributed by atoms with van der Waals surface area (Å²) < 4.78 is 11.3. The summed E-state index contributed by atoms with van der Waals surface area (Å²) in [6.07, 6.45) is 1.08. The van der Waals surface area contributed by atoms with Crippen LogP contribution in [-0.4, -0.2) is 52.8 Å². The minimum Gasteiger partial charge on any atom is -0.314 e. The molecule has 1 saturated heterocycles. The van der Waals surface area contributed by atoms with E-state index in [0.29, 0.717) is 0 Å². The van der Waals surface area contributed by atoms with Crippen LogP contribution in [0.5, 0.6) is 0 Å². The van der Waals surface area contributed by atoms with Crippen molar-refractivity contribution in [1.82, 2.24) is 10.2 Å². The molecule has 1 aliphatic rings. The molecule has 1 fully saturated rings. The first kappa shape index (κ1) is 12.1. The molecule has 14 heavy (non-hydrogen) atoms. The average Bonchev–Trinajstić information content (AvgIpc) is 2.31. The minimum absolute atomic E-state index is 0.159. The zero-order chi connectivity index (χ0) is 10.6. The predicted octanol–water partition coefficient (Wildman–Crippen LogP) is 0.439. The Morgan fingerprint density at radius 3 is 2.71 bits per heavy atom. The summed E-state index contributed by atoms with van der Waals surface area (Å²) in [5, 5.41) is 3.30. The molecule has 0 saturated carbocycles. The van der Waals surface area contributed by atoms with Crippen LogP contribution in [0.4, 0.5) is 0 Å². The smallest absolute Gasteiger partial charge is 0.0362 e. The standard InChI is InChI=1S/C10H22N2OS/c1-10(2,11-3)9-12-5-4-7-14(13)8-6-12/h11H,4-9H2,1-3H3. The second kappa shape index (κ2) is 5.24. The number of hydrogen-bond acceptors (Lipinski definition) is 3. The summed E-state index contributed by atoms with van der Waals surface area (Å²) in [5.41, 5.74) is 0.159. The average molecular weight is 218 g/mol. The Morgan fingerprint density at radius 2 is 2.07 bits per heavy atom. The Hall–Kier alpha value is 0.0700. The van der Waals surface area contributed by atoms with E-state index < -0.39 is 10.8 Å². The van der Waals surface area contributed by atoms with Gasteiger partial charge in [-0.1, -0.05) is 0 Å². The minimum atomic E-state index is -0.571. The Bertz CT molecular complexity index is 206. The van der Waals surface area contributed by atoms with E-state index in [4.69, 9.17) is 0 Å². The van der Waals surface area contributed by atoms with E-state index in [-0.39, 0.29) is 5.54 Å². The molecule has 4 heteroatoms. The molecule has 1 unspecified atom stereocenters. The lowest BCUT2D eigenvalue weighted by atomic mass is 10.1. The first-order valence-electron chi connectivity index (χ1n) is 5.30. The fraction of sp³-hybridized carbons (Fsp3) is 1.00. The van der Waals surface area contributed by atoms with Crippen molar-refractivity contribution in [2.24, 2.45) is 0 Å². The molecule has 1 N–H and O–H groups in total. The first-order valence-corrected chi connectivity index (χ1v) is 6.78. The molecular formula is C10H22N2OS. The molecule has 0 aliphatic carbocycles. The molecule has 1 atom stereocenters. The van der Waals surface area contributed by atoms with Crippen LogP contribution in [0.25, 0.3) is 0 Å². The molecule has 1 heterocycles. The van der Waals surface area contributed by atoms with Crippen molar-refractivity contribution >= 4 is 10.8 Å². The Kier molecular flexibility index (Phi) is 4.54. The third-order valence-electron chi connectivity index (χ3n) is 2.78. The van der Waals surface area contributed by atoms with E-state index in [1.165, 1.54) is 0 Å². The van der Waals surface area contributed by atoms with E-state index >= 15 is 0 Å². The van der Waals surface area contributed by atoms with Gasteiger partial charge in [0.1, 0.15) is 0 Å². The second-order valence-corrected chi connectivity index (χ2v) is 6.31. The maximum Gasteiger partial charge on any atom is 0.0362 e. The highest BCUT2D eigenvalue weighted by Crippen LogP contribution is 2.08. The predicted molar refractivity (Wildman–Crippen MR) is 62.1 cm³/mol. The number of rotatable bonds is 3. The SMILES string of the molecule is CNC(C)(C)CN1CCCS(=O)CC1. The summed E-state index contributed by atoms with van der Waals surface area (Å²) in [6.45, 7) is 7.53. The monoisotopic (exact) mass is 218 g/mol. The van der Waals surface area contributed by atoms with Gasteiger partial charge >= 0.3 is 0 Å². The number of hydrogen-bond donors (Lipinski definition) is 1. The molecule has 0 aromatic carbocycles. The molecule has 0 bridgehead atoms. The van der Waals surface area contributed by atoms with E-state index in [1.54, 1.807) is 0 Å². The van der Waals surface area contributed by atoms with Gasteiger partial charge in [-0.25, -0.2) is 0 Å². The number of nitrogens with one attached hydrogen (secondary N) is 1. The molecule has 0 aromatic rings. The van der Waals surface area contributed by atoms with E-state index in [2.05, 4.69) is 24.1 Å². The fourth-order valence-corrected chi connectivity index (χ4v) is 2.81. The Balaban J connectivity index is 2.41. The van der Waals surface area contributed by atoms with Gasteiger partial charge in [0, 0.05) is 40.9 Å². The lowest BCUT2D eigenvalue weighted by molar-refractivity contribution is 0.220. The summed E-state index contributed by atoms with van der Waals surface area (Å²) in [4.78, 5) is 2.42. The third-order valence-corrected chi connectivity index (χ3v) is 4.16. The van der Waals surface area contributed by atoms with Crippen LogP contribution in [0.3, 0.4) is 0 Å². The topological polar surface area (TPSA) is 32.3 Å². The summed E-state index contributed by atoms with van der Waals surface area (Å²) >= 11 is 0. The lowest BCUT2D eigenvalue weighted by Gasteiger charge is -2.31. The molecule has 3 nitrogen and oxygen atoms in total. The van der Waals surface area contributed by atoms with Crippen LogP contribution in [-0.2, 0) is 10.8 Å². The largest absolute Gasteiger partial charge is 0.314 e. The lowest BCUT2D eigenvalue weighted by Crippen LogP contribution is -2.48. The van der Waals surface area contributed by atoms with Crippen molar-refractivity contribution in [2.45, 2.75) is 25.8 Å². The van der Waals surface area contributed by atoms with Crippen molar-refractivity contribution in [1.29, 1.82) is 0 Å². The van der Waals surface area contributed by atoms with Crippen molar-refractivity contribution < 1.29 is 4.21 Å². The van der Waals surface area contributed by atoms with Crippen LogP contribution in [0.2, 0.25) is 0 Å². The van der Waals surface area contributed by atoms with Crippen LogP contribution in [0.15, 0.2) is 0 Å². The van der Waals surface area contributed by atoms with Gasteiger partial charge in [-0.15, -0.1) is 0 Å². The maximum absolute atomic E-state index is 11.3. The molecule has 0 amide bonds. The molecule has 0 radical (unpaired) electrons. The number of likely N-dealkylation sites (N-methyl/N-ethyl adjacent to an activating group) is 1. The summed E-state index contributed by atoms with van der Waals surface area (Å²) in [7, 11) is 1.43. The van der Waals surface area contributed by atoms with Crippen molar-refractivity contribution in [3.8, 4) is 0 Å².